The van der Waals surface area contributed by atoms with Crippen LogP contribution in [0.3, 0.4) is 0 Å². The van der Waals surface area contributed by atoms with Crippen molar-refractivity contribution in [3.05, 3.63) is 0 Å². The van der Waals surface area contributed by atoms with Gasteiger partial charge in [-0.3, -0.25) is 9.59 Å². The van der Waals surface area contributed by atoms with Crippen LogP contribution in [0.4, 0.5) is 0 Å². The van der Waals surface area contributed by atoms with Crippen LogP contribution in [0.15, 0.2) is 0 Å². The summed E-state index contributed by atoms with van der Waals surface area (Å²) < 4.78 is 0. The van der Waals surface area contributed by atoms with E-state index < -0.39 is 29.9 Å². The normalized spacial score (nSPS) is 14.7. The Labute approximate surface area is 124 Å². The van der Waals surface area contributed by atoms with Crippen molar-refractivity contribution < 1.29 is 19.5 Å². The van der Waals surface area contributed by atoms with E-state index in [9.17, 15) is 14.4 Å². The van der Waals surface area contributed by atoms with Gasteiger partial charge in [0.05, 0.1) is 6.07 Å². The van der Waals surface area contributed by atoms with Crippen molar-refractivity contribution in [1.82, 2.24) is 10.6 Å². The van der Waals surface area contributed by atoms with E-state index in [0.717, 1.165) is 0 Å². The maximum absolute atomic E-state index is 12.2. The number of hydrogen-bond acceptors (Lipinski definition) is 4. The number of hydrogen-bond donors (Lipinski definition) is 3. The predicted octanol–water partition coefficient (Wildman–Crippen LogP) is 0.656. The average Bonchev–Trinajstić information content (AvgIpc) is 2.33. The number of carbonyl (C=O) groups is 3. The molecule has 2 amide bonds. The average molecular weight is 297 g/mol. The summed E-state index contributed by atoms with van der Waals surface area (Å²) in [6.07, 6.45) is 0.427. The number of nitrogens with zero attached hydrogens (tertiary/aromatic N) is 1. The standard InChI is InChI=1S/C14H23N3O4/c1-8(2)7-11(16-10(4)18)13(19)17-12(14(20)21)9(3)5-6-15/h8-9,11-12H,5,7H2,1-4H3,(H,16,18)(H,17,19)(H,20,21)/t9-,11-,12+/m0/s1. The van der Waals surface area contributed by atoms with Gasteiger partial charge in [0.2, 0.25) is 11.8 Å². The third-order valence-corrected chi connectivity index (χ3v) is 2.95. The zero-order chi connectivity index (χ0) is 16.6. The number of carboxylic acid groups (broad SMARTS) is 1. The van der Waals surface area contributed by atoms with Crippen molar-refractivity contribution in [3.63, 3.8) is 0 Å². The Kier molecular flexibility index (Phi) is 8.06. The highest BCUT2D eigenvalue weighted by atomic mass is 16.4. The number of rotatable bonds is 8. The van der Waals surface area contributed by atoms with Crippen LogP contribution in [0.1, 0.15) is 40.5 Å². The fourth-order valence-electron chi connectivity index (χ4n) is 1.91. The summed E-state index contributed by atoms with van der Waals surface area (Å²) >= 11 is 0. The van der Waals surface area contributed by atoms with Crippen molar-refractivity contribution in [2.45, 2.75) is 52.6 Å². The molecule has 0 heterocycles. The zero-order valence-electron chi connectivity index (χ0n) is 12.8. The highest BCUT2D eigenvalue weighted by Crippen LogP contribution is 2.10. The van der Waals surface area contributed by atoms with Gasteiger partial charge in [-0.2, -0.15) is 5.26 Å². The molecule has 0 saturated heterocycles. The van der Waals surface area contributed by atoms with Crippen LogP contribution in [-0.2, 0) is 14.4 Å². The number of nitriles is 1. The first-order valence-electron chi connectivity index (χ1n) is 6.86. The van der Waals surface area contributed by atoms with E-state index in [-0.39, 0.29) is 18.2 Å². The minimum absolute atomic E-state index is 0.0201. The van der Waals surface area contributed by atoms with Gasteiger partial charge in [-0.15, -0.1) is 0 Å². The molecule has 0 fully saturated rings. The van der Waals surface area contributed by atoms with E-state index in [0.29, 0.717) is 6.42 Å². The summed E-state index contributed by atoms with van der Waals surface area (Å²) in [6, 6.07) is -0.0459. The van der Waals surface area contributed by atoms with Gasteiger partial charge in [0.1, 0.15) is 12.1 Å². The van der Waals surface area contributed by atoms with Gasteiger partial charge in [0, 0.05) is 19.3 Å². The first-order valence-corrected chi connectivity index (χ1v) is 6.86. The topological polar surface area (TPSA) is 119 Å². The van der Waals surface area contributed by atoms with Gasteiger partial charge in [-0.25, -0.2) is 4.79 Å². The second-order valence-corrected chi connectivity index (χ2v) is 5.55. The number of carbonyl (C=O) groups excluding carboxylic acids is 2. The first-order chi connectivity index (χ1) is 9.68. The summed E-state index contributed by atoms with van der Waals surface area (Å²) in [7, 11) is 0. The maximum Gasteiger partial charge on any atom is 0.326 e. The van der Waals surface area contributed by atoms with Crippen LogP contribution in [0, 0.1) is 23.2 Å². The molecule has 0 bridgehead atoms. The van der Waals surface area contributed by atoms with E-state index >= 15 is 0 Å². The summed E-state index contributed by atoms with van der Waals surface area (Å²) in [4.78, 5) is 34.5. The maximum atomic E-state index is 12.2. The zero-order valence-corrected chi connectivity index (χ0v) is 12.8. The van der Waals surface area contributed by atoms with Crippen molar-refractivity contribution in [3.8, 4) is 6.07 Å². The Morgan fingerprint density at radius 3 is 2.14 bits per heavy atom. The minimum atomic E-state index is -1.20. The molecule has 0 aliphatic heterocycles. The quantitative estimate of drug-likeness (QED) is 0.608. The van der Waals surface area contributed by atoms with E-state index in [1.165, 1.54) is 6.92 Å². The number of nitrogens with one attached hydrogen (secondary N) is 2. The minimum Gasteiger partial charge on any atom is -0.480 e. The van der Waals surface area contributed by atoms with E-state index in [2.05, 4.69) is 10.6 Å². The lowest BCUT2D eigenvalue weighted by molar-refractivity contribution is -0.143. The van der Waals surface area contributed by atoms with Crippen LogP contribution < -0.4 is 10.6 Å². The summed E-state index contributed by atoms with van der Waals surface area (Å²) in [6.45, 7) is 6.68. The molecule has 0 rings (SSSR count). The Morgan fingerprint density at radius 1 is 1.19 bits per heavy atom. The smallest absolute Gasteiger partial charge is 0.326 e. The van der Waals surface area contributed by atoms with Gasteiger partial charge in [0.25, 0.3) is 0 Å². The van der Waals surface area contributed by atoms with Gasteiger partial charge < -0.3 is 15.7 Å². The third-order valence-electron chi connectivity index (χ3n) is 2.95. The van der Waals surface area contributed by atoms with Crippen LogP contribution in [0.25, 0.3) is 0 Å². The first kappa shape index (κ1) is 18.9. The highest BCUT2D eigenvalue weighted by Gasteiger charge is 2.30. The van der Waals surface area contributed by atoms with E-state index in [1.807, 2.05) is 19.9 Å². The van der Waals surface area contributed by atoms with Crippen molar-refractivity contribution in [2.75, 3.05) is 0 Å². The van der Waals surface area contributed by atoms with E-state index in [1.54, 1.807) is 6.92 Å². The molecule has 0 radical (unpaired) electrons. The molecule has 0 unspecified atom stereocenters. The van der Waals surface area contributed by atoms with Gasteiger partial charge >= 0.3 is 5.97 Å². The molecule has 21 heavy (non-hydrogen) atoms. The number of aliphatic carboxylic acids is 1. The lowest BCUT2D eigenvalue weighted by Crippen LogP contribution is -2.53. The molecule has 3 atom stereocenters. The molecule has 7 nitrogen and oxygen atoms in total. The lowest BCUT2D eigenvalue weighted by Gasteiger charge is -2.24. The summed E-state index contributed by atoms with van der Waals surface area (Å²) in [5.41, 5.74) is 0. The fourth-order valence-corrected chi connectivity index (χ4v) is 1.91. The Morgan fingerprint density at radius 2 is 1.76 bits per heavy atom. The molecular weight excluding hydrogens is 274 g/mol. The second-order valence-electron chi connectivity index (χ2n) is 5.55. The molecule has 0 saturated carbocycles. The lowest BCUT2D eigenvalue weighted by atomic mass is 9.97. The molecule has 3 N–H and O–H groups in total. The number of amides is 2. The summed E-state index contributed by atoms with van der Waals surface area (Å²) in [5, 5.41) is 22.7. The Hall–Kier alpha value is -2.10. The van der Waals surface area contributed by atoms with Gasteiger partial charge in [-0.1, -0.05) is 20.8 Å². The number of carboxylic acids is 1. The highest BCUT2D eigenvalue weighted by molar-refractivity contribution is 5.90. The molecule has 7 heteroatoms. The molecule has 0 spiro atoms. The van der Waals surface area contributed by atoms with Crippen LogP contribution in [0.5, 0.6) is 0 Å². The summed E-state index contributed by atoms with van der Waals surface area (Å²) in [5.74, 6) is -2.46. The van der Waals surface area contributed by atoms with Crippen molar-refractivity contribution in [1.29, 1.82) is 5.26 Å². The molecule has 0 aliphatic rings. The molecule has 0 aromatic rings. The predicted molar refractivity (Wildman–Crippen MR) is 76.0 cm³/mol. The Bertz CT molecular complexity index is 428. The van der Waals surface area contributed by atoms with E-state index in [4.69, 9.17) is 10.4 Å². The fraction of sp³-hybridized carbons (Fsp3) is 0.714. The molecule has 0 aromatic heterocycles. The van der Waals surface area contributed by atoms with Crippen LogP contribution in [-0.4, -0.2) is 35.0 Å². The van der Waals surface area contributed by atoms with Gasteiger partial charge in [-0.05, 0) is 12.3 Å². The third kappa shape index (κ3) is 7.30. The molecule has 0 aromatic carbocycles. The SMILES string of the molecule is CC(=O)N[C@@H](CC(C)C)C(=O)N[C@@H](C(=O)O)[C@@H](C)CC#N. The largest absolute Gasteiger partial charge is 0.480 e. The van der Waals surface area contributed by atoms with Crippen LogP contribution >= 0.6 is 0 Å². The van der Waals surface area contributed by atoms with Crippen molar-refractivity contribution in [2.24, 2.45) is 11.8 Å². The Balaban J connectivity index is 4.94. The molecule has 0 aliphatic carbocycles. The van der Waals surface area contributed by atoms with Crippen LogP contribution in [0.2, 0.25) is 0 Å². The monoisotopic (exact) mass is 297 g/mol. The second kappa shape index (κ2) is 8.95. The van der Waals surface area contributed by atoms with Gasteiger partial charge in [0.15, 0.2) is 0 Å². The van der Waals surface area contributed by atoms with Crippen molar-refractivity contribution >= 4 is 17.8 Å². The molecular formula is C14H23N3O4. The molecule has 118 valence electrons.